The molecule has 0 saturated heterocycles. The number of benzene rings is 1. The topological polar surface area (TPSA) is 37.8 Å². The average Bonchev–Trinajstić information content (AvgIpc) is 3.19. The smallest absolute Gasteiger partial charge is 0.148 e. The third kappa shape index (κ3) is 2.61. The predicted molar refractivity (Wildman–Crippen MR) is 74.7 cm³/mol. The molecule has 0 amide bonds. The van der Waals surface area contributed by atoms with Gasteiger partial charge in [0.1, 0.15) is 5.82 Å². The Hall–Kier alpha value is -1.64. The first-order chi connectivity index (χ1) is 8.83. The highest BCUT2D eigenvalue weighted by Gasteiger charge is 2.19. The SMILES string of the molecule is Cc1nc2ccccc2nc1NCCCC1CC1. The maximum atomic E-state index is 4.63. The Kier molecular flexibility index (Phi) is 3.13. The number of para-hydroxylation sites is 2. The van der Waals surface area contributed by atoms with E-state index in [-0.39, 0.29) is 0 Å². The van der Waals surface area contributed by atoms with Crippen molar-refractivity contribution in [3.05, 3.63) is 30.0 Å². The molecule has 18 heavy (non-hydrogen) atoms. The fourth-order valence-corrected chi connectivity index (χ4v) is 2.26. The van der Waals surface area contributed by atoms with E-state index in [9.17, 15) is 0 Å². The first kappa shape index (κ1) is 11.5. The van der Waals surface area contributed by atoms with Crippen molar-refractivity contribution in [1.29, 1.82) is 0 Å². The van der Waals surface area contributed by atoms with Gasteiger partial charge in [-0.2, -0.15) is 0 Å². The molecule has 0 radical (unpaired) electrons. The molecule has 0 spiro atoms. The van der Waals surface area contributed by atoms with E-state index in [1.807, 2.05) is 31.2 Å². The van der Waals surface area contributed by atoms with E-state index < -0.39 is 0 Å². The lowest BCUT2D eigenvalue weighted by Crippen LogP contribution is -2.06. The molecule has 0 aliphatic heterocycles. The summed E-state index contributed by atoms with van der Waals surface area (Å²) < 4.78 is 0. The van der Waals surface area contributed by atoms with E-state index in [0.717, 1.165) is 35.0 Å². The minimum absolute atomic E-state index is 0.935. The van der Waals surface area contributed by atoms with Crippen LogP contribution in [0.1, 0.15) is 31.4 Å². The lowest BCUT2D eigenvalue weighted by Gasteiger charge is -2.09. The second-order valence-electron chi connectivity index (χ2n) is 5.16. The largest absolute Gasteiger partial charge is 0.369 e. The summed E-state index contributed by atoms with van der Waals surface area (Å²) in [6, 6.07) is 8.02. The van der Waals surface area contributed by atoms with Gasteiger partial charge in [-0.25, -0.2) is 9.97 Å². The molecule has 1 fully saturated rings. The van der Waals surface area contributed by atoms with Gasteiger partial charge in [-0.05, 0) is 37.8 Å². The Labute approximate surface area is 108 Å². The average molecular weight is 241 g/mol. The zero-order valence-corrected chi connectivity index (χ0v) is 10.8. The van der Waals surface area contributed by atoms with Crippen molar-refractivity contribution in [2.75, 3.05) is 11.9 Å². The highest BCUT2D eigenvalue weighted by molar-refractivity contribution is 5.76. The normalized spacial score (nSPS) is 14.9. The molecule has 1 aromatic carbocycles. The Bertz CT molecular complexity index is 546. The van der Waals surface area contributed by atoms with Crippen LogP contribution >= 0.6 is 0 Å². The molecule has 2 aromatic rings. The minimum atomic E-state index is 0.935. The standard InChI is InChI=1S/C15H19N3/c1-11-15(16-10-4-5-12-8-9-12)18-14-7-3-2-6-13(14)17-11/h2-3,6-7,12H,4-5,8-10H2,1H3,(H,16,18). The second kappa shape index (κ2) is 4.92. The summed E-state index contributed by atoms with van der Waals surface area (Å²) in [5.74, 6) is 1.94. The van der Waals surface area contributed by atoms with Gasteiger partial charge in [0, 0.05) is 6.54 Å². The van der Waals surface area contributed by atoms with Gasteiger partial charge >= 0.3 is 0 Å². The van der Waals surface area contributed by atoms with Crippen molar-refractivity contribution in [2.24, 2.45) is 5.92 Å². The summed E-state index contributed by atoms with van der Waals surface area (Å²) in [5, 5.41) is 3.41. The molecule has 0 atom stereocenters. The van der Waals surface area contributed by atoms with Crippen LogP contribution in [0.4, 0.5) is 5.82 Å². The van der Waals surface area contributed by atoms with Crippen LogP contribution in [0, 0.1) is 12.8 Å². The Balaban J connectivity index is 1.68. The number of hydrogen-bond donors (Lipinski definition) is 1. The third-order valence-corrected chi connectivity index (χ3v) is 3.52. The van der Waals surface area contributed by atoms with Crippen LogP contribution in [0.3, 0.4) is 0 Å². The van der Waals surface area contributed by atoms with Crippen molar-refractivity contribution >= 4 is 16.9 Å². The summed E-state index contributed by atoms with van der Waals surface area (Å²) in [5.41, 5.74) is 2.92. The molecular formula is C15H19N3. The molecule has 1 heterocycles. The first-order valence-corrected chi connectivity index (χ1v) is 6.80. The maximum Gasteiger partial charge on any atom is 0.148 e. The highest BCUT2D eigenvalue weighted by atomic mass is 15.0. The molecule has 94 valence electrons. The van der Waals surface area contributed by atoms with Gasteiger partial charge in [-0.1, -0.05) is 25.0 Å². The molecule has 3 nitrogen and oxygen atoms in total. The molecule has 0 bridgehead atoms. The van der Waals surface area contributed by atoms with Gasteiger partial charge in [-0.15, -0.1) is 0 Å². The Morgan fingerprint density at radius 3 is 2.61 bits per heavy atom. The second-order valence-corrected chi connectivity index (χ2v) is 5.16. The van der Waals surface area contributed by atoms with Gasteiger partial charge < -0.3 is 5.32 Å². The number of aryl methyl sites for hydroxylation is 1. The zero-order chi connectivity index (χ0) is 12.4. The molecule has 1 aliphatic rings. The molecule has 3 heteroatoms. The van der Waals surface area contributed by atoms with E-state index >= 15 is 0 Å². The molecule has 1 N–H and O–H groups in total. The van der Waals surface area contributed by atoms with Crippen LogP contribution in [-0.2, 0) is 0 Å². The van der Waals surface area contributed by atoms with E-state index in [0.29, 0.717) is 0 Å². The number of nitrogens with zero attached hydrogens (tertiary/aromatic N) is 2. The zero-order valence-electron chi connectivity index (χ0n) is 10.8. The summed E-state index contributed by atoms with van der Waals surface area (Å²) in [6.45, 7) is 3.02. The van der Waals surface area contributed by atoms with Crippen molar-refractivity contribution in [3.8, 4) is 0 Å². The van der Waals surface area contributed by atoms with Gasteiger partial charge in [0.2, 0.25) is 0 Å². The van der Waals surface area contributed by atoms with Crippen LogP contribution in [0.25, 0.3) is 11.0 Å². The molecule has 0 unspecified atom stereocenters. The van der Waals surface area contributed by atoms with Crippen LogP contribution in [0.15, 0.2) is 24.3 Å². The van der Waals surface area contributed by atoms with Crippen molar-refractivity contribution in [3.63, 3.8) is 0 Å². The van der Waals surface area contributed by atoms with E-state index in [1.165, 1.54) is 25.7 Å². The minimum Gasteiger partial charge on any atom is -0.369 e. The van der Waals surface area contributed by atoms with E-state index in [2.05, 4.69) is 15.3 Å². The fourth-order valence-electron chi connectivity index (χ4n) is 2.26. The van der Waals surface area contributed by atoms with Crippen molar-refractivity contribution < 1.29 is 0 Å². The monoisotopic (exact) mass is 241 g/mol. The van der Waals surface area contributed by atoms with Crippen molar-refractivity contribution in [2.45, 2.75) is 32.6 Å². The van der Waals surface area contributed by atoms with Crippen LogP contribution < -0.4 is 5.32 Å². The lowest BCUT2D eigenvalue weighted by atomic mass is 10.2. The number of nitrogens with one attached hydrogen (secondary N) is 1. The predicted octanol–water partition coefficient (Wildman–Crippen LogP) is 3.54. The maximum absolute atomic E-state index is 4.63. The first-order valence-electron chi connectivity index (χ1n) is 6.80. The number of anilines is 1. The van der Waals surface area contributed by atoms with Gasteiger partial charge in [0.15, 0.2) is 0 Å². The summed E-state index contributed by atoms with van der Waals surface area (Å²) in [4.78, 5) is 9.21. The number of hydrogen-bond acceptors (Lipinski definition) is 3. The molecule has 3 rings (SSSR count). The summed E-state index contributed by atoms with van der Waals surface area (Å²) in [6.07, 6.45) is 5.47. The molecular weight excluding hydrogens is 222 g/mol. The van der Waals surface area contributed by atoms with E-state index in [4.69, 9.17) is 0 Å². The van der Waals surface area contributed by atoms with Crippen LogP contribution in [-0.4, -0.2) is 16.5 Å². The Morgan fingerprint density at radius 1 is 1.17 bits per heavy atom. The van der Waals surface area contributed by atoms with Crippen LogP contribution in [0.5, 0.6) is 0 Å². The number of aromatic nitrogens is 2. The molecule has 1 saturated carbocycles. The van der Waals surface area contributed by atoms with Gasteiger partial charge in [0.25, 0.3) is 0 Å². The Morgan fingerprint density at radius 2 is 1.89 bits per heavy atom. The highest BCUT2D eigenvalue weighted by Crippen LogP contribution is 2.33. The number of fused-ring (bicyclic) bond motifs is 1. The third-order valence-electron chi connectivity index (χ3n) is 3.52. The van der Waals surface area contributed by atoms with Crippen molar-refractivity contribution in [1.82, 2.24) is 9.97 Å². The molecule has 1 aliphatic carbocycles. The fraction of sp³-hybridized carbons (Fsp3) is 0.467. The van der Waals surface area contributed by atoms with E-state index in [1.54, 1.807) is 0 Å². The summed E-state index contributed by atoms with van der Waals surface area (Å²) in [7, 11) is 0. The van der Waals surface area contributed by atoms with Gasteiger partial charge in [-0.3, -0.25) is 0 Å². The van der Waals surface area contributed by atoms with Gasteiger partial charge in [0.05, 0.1) is 16.7 Å². The molecule has 1 aromatic heterocycles. The van der Waals surface area contributed by atoms with Crippen LogP contribution in [0.2, 0.25) is 0 Å². The quantitative estimate of drug-likeness (QED) is 0.814. The summed E-state index contributed by atoms with van der Waals surface area (Å²) >= 11 is 0. The number of rotatable bonds is 5. The lowest BCUT2D eigenvalue weighted by molar-refractivity contribution is 0.686.